The fraction of sp³-hybridized carbons (Fsp3) is 1.00. The van der Waals surface area contributed by atoms with Crippen molar-refractivity contribution in [2.24, 2.45) is 52.1 Å². The van der Waals surface area contributed by atoms with Gasteiger partial charge in [0.25, 0.3) is 0 Å². The highest BCUT2D eigenvalue weighted by Gasteiger charge is 2.65. The Hall–Kier alpha value is -0.120. The summed E-state index contributed by atoms with van der Waals surface area (Å²) < 4.78 is 0. The molecule has 0 aromatic rings. The van der Waals surface area contributed by atoms with Crippen LogP contribution in [0.25, 0.3) is 0 Å². The van der Waals surface area contributed by atoms with Crippen LogP contribution >= 0.6 is 0 Å². The normalized spacial score (nSPS) is 50.2. The van der Waals surface area contributed by atoms with Gasteiger partial charge in [0.2, 0.25) is 0 Å². The van der Waals surface area contributed by atoms with Gasteiger partial charge >= 0.3 is 0 Å². The monoisotopic (exact) mass is 445 g/mol. The lowest BCUT2D eigenvalue weighted by Crippen LogP contribution is -2.70. The van der Waals surface area contributed by atoms with Crippen molar-refractivity contribution in [3.63, 3.8) is 0 Å². The van der Waals surface area contributed by atoms with Gasteiger partial charge in [-0.25, -0.2) is 0 Å². The minimum atomic E-state index is -0.0120. The van der Waals surface area contributed by atoms with Gasteiger partial charge in [0.15, 0.2) is 0 Å². The summed E-state index contributed by atoms with van der Waals surface area (Å²) in [6.07, 6.45) is 14.7. The summed E-state index contributed by atoms with van der Waals surface area (Å²) in [6.45, 7) is 17.3. The Morgan fingerprint density at radius 1 is 0.969 bits per heavy atom. The summed E-state index contributed by atoms with van der Waals surface area (Å²) in [5, 5.41) is 0. The summed E-state index contributed by atoms with van der Waals surface area (Å²) >= 11 is 0. The average Bonchev–Trinajstić information content (AvgIpc) is 3.10. The smallest absolute Gasteiger partial charge is 0.0230 e. The highest BCUT2D eigenvalue weighted by atomic mass is 15.4. The molecule has 0 saturated heterocycles. The summed E-state index contributed by atoms with van der Waals surface area (Å²) in [5.74, 6) is 5.28. The van der Waals surface area contributed by atoms with E-state index in [1.165, 1.54) is 57.8 Å². The van der Waals surface area contributed by atoms with Crippen LogP contribution in [-0.4, -0.2) is 17.6 Å². The molecule has 4 aliphatic carbocycles. The van der Waals surface area contributed by atoms with Gasteiger partial charge in [-0.1, -0.05) is 54.4 Å². The lowest BCUT2D eigenvalue weighted by molar-refractivity contribution is -0.151. The van der Waals surface area contributed by atoms with Crippen molar-refractivity contribution in [1.82, 2.24) is 10.9 Å². The molecule has 0 radical (unpaired) electrons. The van der Waals surface area contributed by atoms with E-state index in [0.29, 0.717) is 22.9 Å². The van der Waals surface area contributed by atoms with Crippen LogP contribution in [0.15, 0.2) is 0 Å². The summed E-state index contributed by atoms with van der Waals surface area (Å²) in [5.41, 5.74) is 15.5. The van der Waals surface area contributed by atoms with Crippen molar-refractivity contribution in [2.75, 3.05) is 0 Å². The van der Waals surface area contributed by atoms with E-state index in [2.05, 4.69) is 59.3 Å². The molecule has 11 atom stereocenters. The minimum Gasteiger partial charge on any atom is -0.325 e. The minimum absolute atomic E-state index is 0.0120. The lowest BCUT2D eigenvalue weighted by atomic mass is 9.40. The van der Waals surface area contributed by atoms with E-state index in [9.17, 15) is 0 Å². The Morgan fingerprint density at radius 2 is 1.72 bits per heavy atom. The fourth-order valence-electron chi connectivity index (χ4n) is 9.93. The van der Waals surface area contributed by atoms with E-state index in [-0.39, 0.29) is 5.54 Å². The molecule has 4 rings (SSSR count). The first-order chi connectivity index (χ1) is 15.1. The number of hydrazine groups is 1. The molecule has 186 valence electrons. The molecule has 3 heteroatoms. The second-order valence-corrected chi connectivity index (χ2v) is 13.6. The predicted octanol–water partition coefficient (Wildman–Crippen LogP) is 6.67. The van der Waals surface area contributed by atoms with Crippen LogP contribution in [-0.2, 0) is 0 Å². The molecular weight excluding hydrogens is 390 g/mol. The Balaban J connectivity index is 1.53. The predicted molar refractivity (Wildman–Crippen MR) is 137 cm³/mol. The number of nitrogens with one attached hydrogen (secondary N) is 2. The second-order valence-electron chi connectivity index (χ2n) is 13.6. The molecular formula is C29H55N3. The first-order valence-corrected chi connectivity index (χ1v) is 14.4. The van der Waals surface area contributed by atoms with E-state index in [1.807, 2.05) is 0 Å². The van der Waals surface area contributed by atoms with Crippen LogP contribution in [0.3, 0.4) is 0 Å². The SMILES string of the molecule is CCCC(C)C1CCC2C3C(C)CC4(N)CC(NNC(C)CC)CCC4(C)C3CCC12C. The first-order valence-electron chi connectivity index (χ1n) is 14.4. The van der Waals surface area contributed by atoms with E-state index in [4.69, 9.17) is 5.73 Å². The second kappa shape index (κ2) is 9.15. The van der Waals surface area contributed by atoms with E-state index in [0.717, 1.165) is 48.3 Å². The maximum atomic E-state index is 7.44. The molecule has 4 saturated carbocycles. The van der Waals surface area contributed by atoms with Crippen LogP contribution in [0.5, 0.6) is 0 Å². The third kappa shape index (κ3) is 3.91. The molecule has 0 spiro atoms. The molecule has 4 N–H and O–H groups in total. The van der Waals surface area contributed by atoms with Crippen LogP contribution < -0.4 is 16.6 Å². The number of hydrogen-bond donors (Lipinski definition) is 3. The Labute approximate surface area is 199 Å². The van der Waals surface area contributed by atoms with Gasteiger partial charge in [0.1, 0.15) is 0 Å². The molecule has 0 aromatic heterocycles. The standard InChI is InChI=1S/C29H55N3/c1-8-10-19(3)23-11-12-24-26-20(4)17-29(30)18-22(32-31-21(5)9-2)13-16-28(29,7)25(26)14-15-27(23,24)6/h19-26,31-32H,8-18,30H2,1-7H3. The lowest BCUT2D eigenvalue weighted by Gasteiger charge is -2.67. The van der Waals surface area contributed by atoms with Gasteiger partial charge in [-0.3, -0.25) is 10.9 Å². The van der Waals surface area contributed by atoms with Crippen LogP contribution in [0.2, 0.25) is 0 Å². The Bertz CT molecular complexity index is 650. The van der Waals surface area contributed by atoms with Crippen molar-refractivity contribution in [2.45, 2.75) is 137 Å². The molecule has 32 heavy (non-hydrogen) atoms. The Kier molecular flexibility index (Phi) is 7.15. The van der Waals surface area contributed by atoms with E-state index >= 15 is 0 Å². The van der Waals surface area contributed by atoms with Gasteiger partial charge in [-0.15, -0.1) is 0 Å². The zero-order chi connectivity index (χ0) is 23.3. The third-order valence-corrected chi connectivity index (χ3v) is 11.9. The molecule has 11 unspecified atom stereocenters. The van der Waals surface area contributed by atoms with Gasteiger partial charge in [-0.05, 0) is 111 Å². The molecule has 0 bridgehead atoms. The number of hydrogen-bond acceptors (Lipinski definition) is 3. The molecule has 3 nitrogen and oxygen atoms in total. The van der Waals surface area contributed by atoms with Crippen molar-refractivity contribution >= 4 is 0 Å². The van der Waals surface area contributed by atoms with Crippen molar-refractivity contribution in [1.29, 1.82) is 0 Å². The quantitative estimate of drug-likeness (QED) is 0.383. The number of rotatable bonds is 7. The van der Waals surface area contributed by atoms with Crippen molar-refractivity contribution in [3.8, 4) is 0 Å². The van der Waals surface area contributed by atoms with Gasteiger partial charge in [-0.2, -0.15) is 0 Å². The zero-order valence-corrected chi connectivity index (χ0v) is 22.5. The van der Waals surface area contributed by atoms with Crippen molar-refractivity contribution in [3.05, 3.63) is 0 Å². The molecule has 4 fully saturated rings. The molecule has 0 aliphatic heterocycles. The van der Waals surface area contributed by atoms with Gasteiger partial charge in [0.05, 0.1) is 0 Å². The third-order valence-electron chi connectivity index (χ3n) is 11.9. The Morgan fingerprint density at radius 3 is 2.41 bits per heavy atom. The zero-order valence-electron chi connectivity index (χ0n) is 22.5. The van der Waals surface area contributed by atoms with Crippen LogP contribution in [0, 0.1) is 46.3 Å². The summed E-state index contributed by atoms with van der Waals surface area (Å²) in [6, 6.07) is 1.04. The van der Waals surface area contributed by atoms with Crippen molar-refractivity contribution < 1.29 is 0 Å². The average molecular weight is 446 g/mol. The number of fused-ring (bicyclic) bond motifs is 5. The summed E-state index contributed by atoms with van der Waals surface area (Å²) in [4.78, 5) is 0. The van der Waals surface area contributed by atoms with Gasteiger partial charge < -0.3 is 5.73 Å². The maximum absolute atomic E-state index is 7.44. The first kappa shape index (κ1) is 25.0. The topological polar surface area (TPSA) is 50.1 Å². The van der Waals surface area contributed by atoms with Crippen LogP contribution in [0.4, 0.5) is 0 Å². The highest BCUT2D eigenvalue weighted by molar-refractivity contribution is 5.17. The fourth-order valence-corrected chi connectivity index (χ4v) is 9.93. The molecule has 0 amide bonds. The van der Waals surface area contributed by atoms with Crippen LogP contribution in [0.1, 0.15) is 119 Å². The molecule has 0 aromatic carbocycles. The van der Waals surface area contributed by atoms with Gasteiger partial charge in [0, 0.05) is 17.6 Å². The largest absolute Gasteiger partial charge is 0.325 e. The van der Waals surface area contributed by atoms with E-state index in [1.54, 1.807) is 0 Å². The number of nitrogens with two attached hydrogens (primary N) is 1. The molecule has 4 aliphatic rings. The highest BCUT2D eigenvalue weighted by Crippen LogP contribution is 2.69. The summed E-state index contributed by atoms with van der Waals surface area (Å²) in [7, 11) is 0. The maximum Gasteiger partial charge on any atom is 0.0230 e. The van der Waals surface area contributed by atoms with E-state index < -0.39 is 0 Å². The molecule has 0 heterocycles.